The minimum atomic E-state index is -0.660. The molecule has 0 radical (unpaired) electrons. The van der Waals surface area contributed by atoms with E-state index in [1.807, 2.05) is 6.07 Å². The molecule has 0 fully saturated rings. The van der Waals surface area contributed by atoms with Crippen LogP contribution in [0.1, 0.15) is 39.1 Å². The van der Waals surface area contributed by atoms with E-state index in [1.165, 1.54) is 7.11 Å². The van der Waals surface area contributed by atoms with Gasteiger partial charge in [0.2, 0.25) is 5.91 Å². The van der Waals surface area contributed by atoms with E-state index in [9.17, 15) is 9.59 Å². The maximum atomic E-state index is 11.8. The summed E-state index contributed by atoms with van der Waals surface area (Å²) in [5, 5.41) is 12.2. The molecule has 1 heterocycles. The van der Waals surface area contributed by atoms with Crippen LogP contribution >= 0.6 is 0 Å². The number of aromatic amines is 1. The quantitative estimate of drug-likeness (QED) is 0.769. The van der Waals surface area contributed by atoms with Crippen molar-refractivity contribution >= 4 is 12.0 Å². The second-order valence-electron chi connectivity index (χ2n) is 5.60. The topological polar surface area (TPSA) is 96.1 Å². The Labute approximate surface area is 118 Å². The first kappa shape index (κ1) is 16.0. The van der Waals surface area contributed by atoms with Gasteiger partial charge in [0.25, 0.3) is 0 Å². The van der Waals surface area contributed by atoms with Gasteiger partial charge in [-0.25, -0.2) is 4.79 Å². The molecular formula is C13H22N4O3. The van der Waals surface area contributed by atoms with Gasteiger partial charge in [-0.2, -0.15) is 5.10 Å². The van der Waals surface area contributed by atoms with Crippen molar-refractivity contribution in [1.29, 1.82) is 0 Å². The smallest absolute Gasteiger partial charge is 0.407 e. The summed E-state index contributed by atoms with van der Waals surface area (Å²) in [5.74, 6) is -0.290. The highest BCUT2D eigenvalue weighted by molar-refractivity contribution is 5.85. The summed E-state index contributed by atoms with van der Waals surface area (Å²) >= 11 is 0. The number of H-pyrrole nitrogens is 1. The van der Waals surface area contributed by atoms with Crippen molar-refractivity contribution in [1.82, 2.24) is 20.8 Å². The van der Waals surface area contributed by atoms with Crippen molar-refractivity contribution in [3.8, 4) is 0 Å². The fourth-order valence-electron chi connectivity index (χ4n) is 1.47. The number of rotatable bonds is 4. The summed E-state index contributed by atoms with van der Waals surface area (Å²) in [5.41, 5.74) is 1.70. The third-order valence-electron chi connectivity index (χ3n) is 2.77. The third-order valence-corrected chi connectivity index (χ3v) is 2.77. The number of alkyl carbamates (subject to hydrolysis) is 1. The zero-order chi connectivity index (χ0) is 15.3. The lowest BCUT2D eigenvalue weighted by atomic mass is 9.92. The molecule has 0 unspecified atom stereocenters. The zero-order valence-corrected chi connectivity index (χ0v) is 12.5. The first-order chi connectivity index (χ1) is 9.24. The number of amides is 2. The van der Waals surface area contributed by atoms with Crippen molar-refractivity contribution in [2.75, 3.05) is 7.11 Å². The molecule has 1 aromatic heterocycles. The highest BCUT2D eigenvalue weighted by Gasteiger charge is 2.18. The number of nitrogens with one attached hydrogen (secondary N) is 3. The fourth-order valence-corrected chi connectivity index (χ4v) is 1.47. The normalized spacial score (nSPS) is 12.7. The predicted molar refractivity (Wildman–Crippen MR) is 74.1 cm³/mol. The average molecular weight is 282 g/mol. The molecule has 1 atom stereocenters. The summed E-state index contributed by atoms with van der Waals surface area (Å²) in [6.07, 6.45) is -0.635. The average Bonchev–Trinajstić information content (AvgIpc) is 2.84. The van der Waals surface area contributed by atoms with Crippen LogP contribution in [0.5, 0.6) is 0 Å². The number of nitrogens with zero attached hydrogens (tertiary/aromatic N) is 1. The summed E-state index contributed by atoms with van der Waals surface area (Å²) in [6.45, 7) is 8.10. The summed E-state index contributed by atoms with van der Waals surface area (Å²) in [4.78, 5) is 22.7. The van der Waals surface area contributed by atoms with Gasteiger partial charge >= 0.3 is 6.09 Å². The van der Waals surface area contributed by atoms with E-state index in [0.29, 0.717) is 6.54 Å². The first-order valence-corrected chi connectivity index (χ1v) is 6.41. The van der Waals surface area contributed by atoms with Crippen LogP contribution in [-0.2, 0) is 21.5 Å². The lowest BCUT2D eigenvalue weighted by molar-refractivity contribution is -0.122. The molecule has 2 amide bonds. The third kappa shape index (κ3) is 4.56. The summed E-state index contributed by atoms with van der Waals surface area (Å²) in [7, 11) is 1.25. The molecule has 0 aliphatic carbocycles. The number of carbonyl (C=O) groups excluding carboxylic acids is 2. The Morgan fingerprint density at radius 1 is 1.45 bits per heavy atom. The van der Waals surface area contributed by atoms with Crippen LogP contribution in [0.2, 0.25) is 0 Å². The Morgan fingerprint density at radius 2 is 2.10 bits per heavy atom. The minimum Gasteiger partial charge on any atom is -0.453 e. The van der Waals surface area contributed by atoms with Gasteiger partial charge in [0.1, 0.15) is 6.04 Å². The maximum Gasteiger partial charge on any atom is 0.407 e. The van der Waals surface area contributed by atoms with E-state index in [0.717, 1.165) is 11.4 Å². The molecule has 0 aliphatic heterocycles. The zero-order valence-electron chi connectivity index (χ0n) is 12.5. The van der Waals surface area contributed by atoms with Gasteiger partial charge in [-0.05, 0) is 13.0 Å². The van der Waals surface area contributed by atoms with Crippen molar-refractivity contribution in [2.24, 2.45) is 0 Å². The van der Waals surface area contributed by atoms with Gasteiger partial charge in [0, 0.05) is 5.41 Å². The van der Waals surface area contributed by atoms with Crippen molar-refractivity contribution in [3.05, 3.63) is 17.5 Å². The number of ether oxygens (including phenoxy) is 1. The SMILES string of the molecule is COC(=O)N[C@@H](C)C(=O)NCc1cc(C(C)(C)C)n[nH]1. The van der Waals surface area contributed by atoms with Gasteiger partial charge in [0.15, 0.2) is 0 Å². The largest absolute Gasteiger partial charge is 0.453 e. The molecule has 0 saturated carbocycles. The van der Waals surface area contributed by atoms with E-state index in [4.69, 9.17) is 0 Å². The molecule has 0 saturated heterocycles. The van der Waals surface area contributed by atoms with Crippen molar-refractivity contribution in [3.63, 3.8) is 0 Å². The van der Waals surface area contributed by atoms with Crippen LogP contribution in [0, 0.1) is 0 Å². The lowest BCUT2D eigenvalue weighted by Crippen LogP contribution is -2.44. The minimum absolute atomic E-state index is 0.0432. The van der Waals surface area contributed by atoms with Crippen LogP contribution in [0.25, 0.3) is 0 Å². The lowest BCUT2D eigenvalue weighted by Gasteiger charge is -2.14. The number of hydrogen-bond donors (Lipinski definition) is 3. The van der Waals surface area contributed by atoms with E-state index in [2.05, 4.69) is 46.3 Å². The number of hydrogen-bond acceptors (Lipinski definition) is 4. The van der Waals surface area contributed by atoms with Gasteiger partial charge in [-0.1, -0.05) is 20.8 Å². The van der Waals surface area contributed by atoms with Crippen LogP contribution in [0.3, 0.4) is 0 Å². The molecule has 0 spiro atoms. The number of methoxy groups -OCH3 is 1. The van der Waals surface area contributed by atoms with Gasteiger partial charge < -0.3 is 15.4 Å². The molecule has 3 N–H and O–H groups in total. The molecule has 0 aliphatic rings. The maximum absolute atomic E-state index is 11.8. The number of aromatic nitrogens is 2. The Hall–Kier alpha value is -2.05. The van der Waals surface area contributed by atoms with Crippen LogP contribution in [0.4, 0.5) is 4.79 Å². The summed E-state index contributed by atoms with van der Waals surface area (Å²) < 4.78 is 4.43. The Kier molecular flexibility index (Phi) is 5.12. The molecule has 0 aromatic carbocycles. The van der Waals surface area contributed by atoms with Crippen molar-refractivity contribution < 1.29 is 14.3 Å². The summed E-state index contributed by atoms with van der Waals surface area (Å²) in [6, 6.07) is 1.26. The van der Waals surface area contributed by atoms with Crippen molar-refractivity contribution in [2.45, 2.75) is 45.7 Å². The molecular weight excluding hydrogens is 260 g/mol. The Bertz CT molecular complexity index is 476. The highest BCUT2D eigenvalue weighted by Crippen LogP contribution is 2.20. The van der Waals surface area contributed by atoms with Gasteiger partial charge in [-0.15, -0.1) is 0 Å². The molecule has 1 aromatic rings. The molecule has 1 rings (SSSR count). The Morgan fingerprint density at radius 3 is 2.60 bits per heavy atom. The molecule has 7 heteroatoms. The second-order valence-corrected chi connectivity index (χ2v) is 5.60. The first-order valence-electron chi connectivity index (χ1n) is 6.41. The second kappa shape index (κ2) is 6.40. The highest BCUT2D eigenvalue weighted by atomic mass is 16.5. The van der Waals surface area contributed by atoms with Gasteiger partial charge in [0.05, 0.1) is 25.0 Å². The van der Waals surface area contributed by atoms with E-state index >= 15 is 0 Å². The van der Waals surface area contributed by atoms with E-state index < -0.39 is 12.1 Å². The number of carbonyl (C=O) groups is 2. The van der Waals surface area contributed by atoms with Crippen LogP contribution < -0.4 is 10.6 Å². The monoisotopic (exact) mass is 282 g/mol. The molecule has 7 nitrogen and oxygen atoms in total. The van der Waals surface area contributed by atoms with E-state index in [1.54, 1.807) is 6.92 Å². The molecule has 0 bridgehead atoms. The standard InChI is InChI=1S/C13H22N4O3/c1-8(15-12(19)20-5)11(18)14-7-9-6-10(17-16-9)13(2,3)4/h6,8H,7H2,1-5H3,(H,14,18)(H,15,19)(H,16,17)/t8-/m0/s1. The van der Waals surface area contributed by atoms with Gasteiger partial charge in [-0.3, -0.25) is 9.89 Å². The van der Waals surface area contributed by atoms with E-state index in [-0.39, 0.29) is 11.3 Å². The van der Waals surface area contributed by atoms with Crippen LogP contribution in [-0.4, -0.2) is 35.3 Å². The molecule has 112 valence electrons. The fraction of sp³-hybridized carbons (Fsp3) is 0.615. The molecule has 20 heavy (non-hydrogen) atoms. The van der Waals surface area contributed by atoms with Crippen LogP contribution in [0.15, 0.2) is 6.07 Å². The predicted octanol–water partition coefficient (Wildman–Crippen LogP) is 1.07. The Balaban J connectivity index is 2.49.